The number of nitrogens with one attached hydrogen (secondary N) is 1. The number of hydrogen-bond acceptors (Lipinski definition) is 5. The third-order valence-electron chi connectivity index (χ3n) is 4.32. The zero-order valence-corrected chi connectivity index (χ0v) is 14.2. The summed E-state index contributed by atoms with van der Waals surface area (Å²) in [7, 11) is 0. The minimum absolute atomic E-state index is 0.152. The molecular weight excluding hydrogens is 306 g/mol. The van der Waals surface area contributed by atoms with Gasteiger partial charge in [-0.25, -0.2) is 9.97 Å². The lowest BCUT2D eigenvalue weighted by atomic mass is 9.95. The number of aromatic nitrogens is 4. The van der Waals surface area contributed by atoms with Crippen LogP contribution in [0.1, 0.15) is 54.9 Å². The maximum atomic E-state index is 12.1. The lowest BCUT2D eigenvalue weighted by Crippen LogP contribution is -2.32. The Morgan fingerprint density at radius 3 is 2.75 bits per heavy atom. The SMILES string of the molecule is CCn1cc(C(=O)NCc2cnc(C3(C)CCCCO3)nc2)cn1. The van der Waals surface area contributed by atoms with Crippen LogP contribution in [0.25, 0.3) is 0 Å². The summed E-state index contributed by atoms with van der Waals surface area (Å²) < 4.78 is 7.58. The second-order valence-electron chi connectivity index (χ2n) is 6.22. The molecule has 0 spiro atoms. The standard InChI is InChI=1S/C17H23N5O2/c1-3-22-12-14(11-21-22)15(23)18-8-13-9-19-16(20-10-13)17(2)6-4-5-7-24-17/h9-12H,3-8H2,1-2H3,(H,18,23). The van der Waals surface area contributed by atoms with Crippen LogP contribution in [0.3, 0.4) is 0 Å². The smallest absolute Gasteiger partial charge is 0.254 e. The summed E-state index contributed by atoms with van der Waals surface area (Å²) in [6.07, 6.45) is 9.96. The van der Waals surface area contributed by atoms with E-state index < -0.39 is 5.60 Å². The first-order valence-electron chi connectivity index (χ1n) is 8.37. The number of nitrogens with zero attached hydrogens (tertiary/aromatic N) is 4. The number of carbonyl (C=O) groups excluding carboxylic acids is 1. The normalized spacial score (nSPS) is 20.8. The fourth-order valence-electron chi connectivity index (χ4n) is 2.77. The summed E-state index contributed by atoms with van der Waals surface area (Å²) in [6.45, 7) is 5.89. The third-order valence-corrected chi connectivity index (χ3v) is 4.32. The highest BCUT2D eigenvalue weighted by molar-refractivity contribution is 5.93. The molecule has 1 N–H and O–H groups in total. The fraction of sp³-hybridized carbons (Fsp3) is 0.529. The first kappa shape index (κ1) is 16.6. The highest BCUT2D eigenvalue weighted by atomic mass is 16.5. The van der Waals surface area contributed by atoms with Crippen molar-refractivity contribution in [2.24, 2.45) is 0 Å². The molecular formula is C17H23N5O2. The molecule has 1 amide bonds. The van der Waals surface area contributed by atoms with E-state index in [9.17, 15) is 4.79 Å². The number of amides is 1. The van der Waals surface area contributed by atoms with Gasteiger partial charge in [0, 0.05) is 43.9 Å². The van der Waals surface area contributed by atoms with E-state index in [0.29, 0.717) is 17.9 Å². The van der Waals surface area contributed by atoms with Crippen molar-refractivity contribution in [1.29, 1.82) is 0 Å². The Morgan fingerprint density at radius 2 is 2.12 bits per heavy atom. The van der Waals surface area contributed by atoms with Gasteiger partial charge in [-0.15, -0.1) is 0 Å². The maximum Gasteiger partial charge on any atom is 0.254 e. The van der Waals surface area contributed by atoms with E-state index in [0.717, 1.165) is 38.0 Å². The molecule has 7 nitrogen and oxygen atoms in total. The largest absolute Gasteiger partial charge is 0.367 e. The average Bonchev–Trinajstić information content (AvgIpc) is 3.10. The molecule has 3 rings (SSSR count). The molecule has 3 heterocycles. The Hall–Kier alpha value is -2.28. The molecule has 2 aromatic rings. The molecule has 2 aromatic heterocycles. The van der Waals surface area contributed by atoms with E-state index in [2.05, 4.69) is 20.4 Å². The predicted octanol–water partition coefficient (Wildman–Crippen LogP) is 2.04. The van der Waals surface area contributed by atoms with Crippen molar-refractivity contribution < 1.29 is 9.53 Å². The fourth-order valence-corrected chi connectivity index (χ4v) is 2.77. The number of carbonyl (C=O) groups is 1. The molecule has 0 radical (unpaired) electrons. The van der Waals surface area contributed by atoms with Crippen LogP contribution in [0.15, 0.2) is 24.8 Å². The molecule has 1 atom stereocenters. The van der Waals surface area contributed by atoms with Gasteiger partial charge in [-0.1, -0.05) is 0 Å². The number of rotatable bonds is 5. The van der Waals surface area contributed by atoms with Gasteiger partial charge in [0.25, 0.3) is 5.91 Å². The summed E-state index contributed by atoms with van der Waals surface area (Å²) in [4.78, 5) is 21.0. The minimum atomic E-state index is -0.394. The molecule has 1 fully saturated rings. The van der Waals surface area contributed by atoms with Crippen LogP contribution in [-0.4, -0.2) is 32.3 Å². The first-order chi connectivity index (χ1) is 11.6. The number of ether oxygens (including phenoxy) is 1. The van der Waals surface area contributed by atoms with Gasteiger partial charge in [0.05, 0.1) is 11.8 Å². The molecule has 1 saturated heterocycles. The van der Waals surface area contributed by atoms with Crippen LogP contribution in [0.2, 0.25) is 0 Å². The number of aryl methyl sites for hydroxylation is 1. The zero-order valence-electron chi connectivity index (χ0n) is 14.2. The van der Waals surface area contributed by atoms with Crippen molar-refractivity contribution in [3.8, 4) is 0 Å². The average molecular weight is 329 g/mol. The van der Waals surface area contributed by atoms with Gasteiger partial charge < -0.3 is 10.1 Å². The van der Waals surface area contributed by atoms with E-state index in [1.165, 1.54) is 0 Å². The molecule has 0 saturated carbocycles. The van der Waals surface area contributed by atoms with Crippen molar-refractivity contribution in [1.82, 2.24) is 25.1 Å². The van der Waals surface area contributed by atoms with Crippen molar-refractivity contribution in [3.05, 3.63) is 41.7 Å². The van der Waals surface area contributed by atoms with E-state index >= 15 is 0 Å². The number of hydrogen-bond donors (Lipinski definition) is 1. The molecule has 128 valence electrons. The Labute approximate surface area is 141 Å². The van der Waals surface area contributed by atoms with Crippen LogP contribution in [0.5, 0.6) is 0 Å². The van der Waals surface area contributed by atoms with Crippen LogP contribution in [-0.2, 0) is 23.4 Å². The molecule has 0 aromatic carbocycles. The van der Waals surface area contributed by atoms with Crippen molar-refractivity contribution in [3.63, 3.8) is 0 Å². The minimum Gasteiger partial charge on any atom is -0.367 e. The second kappa shape index (κ2) is 7.09. The Morgan fingerprint density at radius 1 is 1.33 bits per heavy atom. The van der Waals surface area contributed by atoms with Crippen molar-refractivity contribution in [2.45, 2.75) is 51.8 Å². The topological polar surface area (TPSA) is 81.9 Å². The van der Waals surface area contributed by atoms with E-state index in [1.807, 2.05) is 13.8 Å². The molecule has 1 aliphatic rings. The van der Waals surface area contributed by atoms with Gasteiger partial charge in [-0.3, -0.25) is 9.48 Å². The zero-order chi connectivity index (χ0) is 17.0. The molecule has 1 unspecified atom stereocenters. The third kappa shape index (κ3) is 3.62. The molecule has 1 aliphatic heterocycles. The van der Waals surface area contributed by atoms with Gasteiger partial charge in [0.15, 0.2) is 5.82 Å². The van der Waals surface area contributed by atoms with Gasteiger partial charge in [0.1, 0.15) is 5.60 Å². The Bertz CT molecular complexity index is 689. The maximum absolute atomic E-state index is 12.1. The van der Waals surface area contributed by atoms with Crippen molar-refractivity contribution in [2.75, 3.05) is 6.61 Å². The summed E-state index contributed by atoms with van der Waals surface area (Å²) in [6, 6.07) is 0. The van der Waals surface area contributed by atoms with Gasteiger partial charge >= 0.3 is 0 Å². The van der Waals surface area contributed by atoms with Crippen LogP contribution >= 0.6 is 0 Å². The molecule has 7 heteroatoms. The van der Waals surface area contributed by atoms with Crippen LogP contribution in [0.4, 0.5) is 0 Å². The Kier molecular flexibility index (Phi) is 4.89. The molecule has 0 aliphatic carbocycles. The van der Waals surface area contributed by atoms with E-state index in [1.54, 1.807) is 29.5 Å². The van der Waals surface area contributed by atoms with Gasteiger partial charge in [-0.2, -0.15) is 5.10 Å². The molecule has 0 bridgehead atoms. The Balaban J connectivity index is 1.59. The van der Waals surface area contributed by atoms with E-state index in [-0.39, 0.29) is 5.91 Å². The summed E-state index contributed by atoms with van der Waals surface area (Å²) >= 11 is 0. The summed E-state index contributed by atoms with van der Waals surface area (Å²) in [5, 5.41) is 6.96. The predicted molar refractivity (Wildman–Crippen MR) is 88.3 cm³/mol. The van der Waals surface area contributed by atoms with Crippen LogP contribution in [0, 0.1) is 0 Å². The van der Waals surface area contributed by atoms with E-state index in [4.69, 9.17) is 4.74 Å². The summed E-state index contributed by atoms with van der Waals surface area (Å²) in [5.74, 6) is 0.558. The molecule has 24 heavy (non-hydrogen) atoms. The van der Waals surface area contributed by atoms with Crippen LogP contribution < -0.4 is 5.32 Å². The van der Waals surface area contributed by atoms with Gasteiger partial charge in [0.2, 0.25) is 0 Å². The lowest BCUT2D eigenvalue weighted by Gasteiger charge is -2.32. The summed E-state index contributed by atoms with van der Waals surface area (Å²) in [5.41, 5.74) is 1.02. The van der Waals surface area contributed by atoms with Gasteiger partial charge in [-0.05, 0) is 33.1 Å². The quantitative estimate of drug-likeness (QED) is 0.908. The van der Waals surface area contributed by atoms with Crippen molar-refractivity contribution >= 4 is 5.91 Å². The highest BCUT2D eigenvalue weighted by Crippen LogP contribution is 2.32. The monoisotopic (exact) mass is 329 g/mol. The first-order valence-corrected chi connectivity index (χ1v) is 8.37. The second-order valence-corrected chi connectivity index (χ2v) is 6.22. The lowest BCUT2D eigenvalue weighted by molar-refractivity contribution is -0.0760. The highest BCUT2D eigenvalue weighted by Gasteiger charge is 2.32.